The monoisotopic (exact) mass is 288 g/mol. The first-order valence-electron chi connectivity index (χ1n) is 6.82. The van der Waals surface area contributed by atoms with Crippen molar-refractivity contribution in [1.29, 1.82) is 0 Å². The van der Waals surface area contributed by atoms with Gasteiger partial charge in [0.1, 0.15) is 0 Å². The summed E-state index contributed by atoms with van der Waals surface area (Å²) < 4.78 is 1.56. The minimum Gasteiger partial charge on any atom is -0.349 e. The Balaban J connectivity index is 2.32. The summed E-state index contributed by atoms with van der Waals surface area (Å²) >= 11 is 0. The molecule has 0 saturated heterocycles. The molecule has 0 saturated carbocycles. The number of aryl methyl sites for hydroxylation is 1. The van der Waals surface area contributed by atoms with Gasteiger partial charge in [0.2, 0.25) is 5.43 Å². The number of carbonyl (C=O) groups is 1. The van der Waals surface area contributed by atoms with Crippen LogP contribution in [0.3, 0.4) is 0 Å². The number of aromatic nitrogens is 2. The van der Waals surface area contributed by atoms with Crippen molar-refractivity contribution in [2.45, 2.75) is 13.0 Å². The standard InChI is InChI=1S/C15H20N4O2/c1-10(18(2)3)9-16-15(21)13-14(20)11-7-5-6-8-12(11)19(4)17-13/h5-8,10H,9H2,1-4H3,(H,16,21)/t10-/m0/s1. The van der Waals surface area contributed by atoms with Gasteiger partial charge in [-0.3, -0.25) is 14.3 Å². The number of hydrogen-bond acceptors (Lipinski definition) is 4. The quantitative estimate of drug-likeness (QED) is 0.895. The Morgan fingerprint density at radius 3 is 2.71 bits per heavy atom. The summed E-state index contributed by atoms with van der Waals surface area (Å²) in [6, 6.07) is 7.30. The van der Waals surface area contributed by atoms with Crippen LogP contribution in [0.15, 0.2) is 29.1 Å². The minimum absolute atomic E-state index is 0.0674. The third-order valence-electron chi connectivity index (χ3n) is 3.62. The van der Waals surface area contributed by atoms with E-state index in [4.69, 9.17) is 0 Å². The molecule has 1 N–H and O–H groups in total. The number of hydrogen-bond donors (Lipinski definition) is 1. The van der Waals surface area contributed by atoms with Gasteiger partial charge in [0.15, 0.2) is 5.69 Å². The fourth-order valence-corrected chi connectivity index (χ4v) is 1.98. The van der Waals surface area contributed by atoms with Crippen molar-refractivity contribution in [3.8, 4) is 0 Å². The third-order valence-corrected chi connectivity index (χ3v) is 3.62. The lowest BCUT2D eigenvalue weighted by atomic mass is 10.2. The molecule has 0 unspecified atom stereocenters. The van der Waals surface area contributed by atoms with Gasteiger partial charge in [0, 0.05) is 25.0 Å². The lowest BCUT2D eigenvalue weighted by Crippen LogP contribution is -2.40. The summed E-state index contributed by atoms with van der Waals surface area (Å²) in [6.07, 6.45) is 0. The number of benzene rings is 1. The normalized spacial score (nSPS) is 12.6. The van der Waals surface area contributed by atoms with E-state index in [1.165, 1.54) is 0 Å². The number of nitrogens with zero attached hydrogens (tertiary/aromatic N) is 3. The second kappa shape index (κ2) is 6.05. The summed E-state index contributed by atoms with van der Waals surface area (Å²) in [5, 5.41) is 7.36. The summed E-state index contributed by atoms with van der Waals surface area (Å²) in [5.74, 6) is -0.435. The van der Waals surface area contributed by atoms with Crippen molar-refractivity contribution in [1.82, 2.24) is 20.0 Å². The van der Waals surface area contributed by atoms with E-state index in [1.54, 1.807) is 29.9 Å². The van der Waals surface area contributed by atoms with E-state index in [0.717, 1.165) is 0 Å². The molecule has 0 radical (unpaired) electrons. The summed E-state index contributed by atoms with van der Waals surface area (Å²) in [4.78, 5) is 26.5. The first-order chi connectivity index (χ1) is 9.91. The smallest absolute Gasteiger partial charge is 0.275 e. The molecule has 1 aromatic heterocycles. The van der Waals surface area contributed by atoms with Crippen LogP contribution in [0.25, 0.3) is 10.9 Å². The third kappa shape index (κ3) is 3.11. The molecule has 112 valence electrons. The Hall–Kier alpha value is -2.21. The van der Waals surface area contributed by atoms with Crippen LogP contribution < -0.4 is 10.7 Å². The second-order valence-corrected chi connectivity index (χ2v) is 5.34. The zero-order valence-electron chi connectivity index (χ0n) is 12.8. The zero-order chi connectivity index (χ0) is 15.6. The number of para-hydroxylation sites is 1. The van der Waals surface area contributed by atoms with Gasteiger partial charge < -0.3 is 10.2 Å². The van der Waals surface area contributed by atoms with Gasteiger partial charge in [0.05, 0.1) is 5.52 Å². The number of likely N-dealkylation sites (N-methyl/N-ethyl adjacent to an activating group) is 1. The highest BCUT2D eigenvalue weighted by Crippen LogP contribution is 2.07. The summed E-state index contributed by atoms with van der Waals surface area (Å²) in [5.41, 5.74) is 0.307. The highest BCUT2D eigenvalue weighted by molar-refractivity contribution is 5.95. The summed E-state index contributed by atoms with van der Waals surface area (Å²) in [7, 11) is 5.59. The molecule has 6 heteroatoms. The lowest BCUT2D eigenvalue weighted by Gasteiger charge is -2.19. The number of amides is 1. The fraction of sp³-hybridized carbons (Fsp3) is 0.400. The molecule has 0 aliphatic heterocycles. The van der Waals surface area contributed by atoms with Gasteiger partial charge in [0.25, 0.3) is 5.91 Å². The van der Waals surface area contributed by atoms with Crippen molar-refractivity contribution >= 4 is 16.8 Å². The molecule has 0 fully saturated rings. The van der Waals surface area contributed by atoms with Crippen molar-refractivity contribution in [3.63, 3.8) is 0 Å². The van der Waals surface area contributed by atoms with Gasteiger partial charge in [-0.1, -0.05) is 12.1 Å². The molecule has 21 heavy (non-hydrogen) atoms. The average molecular weight is 288 g/mol. The van der Waals surface area contributed by atoms with Crippen molar-refractivity contribution in [2.75, 3.05) is 20.6 Å². The Labute approximate surface area is 123 Å². The van der Waals surface area contributed by atoms with Crippen LogP contribution in [0.5, 0.6) is 0 Å². The fourth-order valence-electron chi connectivity index (χ4n) is 1.98. The SMILES string of the molecule is C[C@@H](CNC(=O)c1nn(C)c2ccccc2c1=O)N(C)C. The van der Waals surface area contributed by atoms with Crippen molar-refractivity contribution in [3.05, 3.63) is 40.2 Å². The highest BCUT2D eigenvalue weighted by atomic mass is 16.2. The van der Waals surface area contributed by atoms with Gasteiger partial charge in [-0.15, -0.1) is 0 Å². The average Bonchev–Trinajstić information content (AvgIpc) is 2.48. The van der Waals surface area contributed by atoms with Gasteiger partial charge in [-0.05, 0) is 33.2 Å². The Morgan fingerprint density at radius 1 is 1.38 bits per heavy atom. The van der Waals surface area contributed by atoms with E-state index in [9.17, 15) is 9.59 Å². The molecule has 0 spiro atoms. The second-order valence-electron chi connectivity index (χ2n) is 5.34. The number of rotatable bonds is 4. The topological polar surface area (TPSA) is 67.2 Å². The largest absolute Gasteiger partial charge is 0.349 e. The van der Waals surface area contributed by atoms with Gasteiger partial charge >= 0.3 is 0 Å². The number of carbonyl (C=O) groups excluding carboxylic acids is 1. The molecule has 1 atom stereocenters. The van der Waals surface area contributed by atoms with Crippen molar-refractivity contribution in [2.24, 2.45) is 7.05 Å². The highest BCUT2D eigenvalue weighted by Gasteiger charge is 2.17. The van der Waals surface area contributed by atoms with E-state index >= 15 is 0 Å². The Morgan fingerprint density at radius 2 is 2.05 bits per heavy atom. The molecule has 1 amide bonds. The maximum atomic E-state index is 12.4. The summed E-state index contributed by atoms with van der Waals surface area (Å²) in [6.45, 7) is 2.45. The zero-order valence-corrected chi connectivity index (χ0v) is 12.8. The number of nitrogens with one attached hydrogen (secondary N) is 1. The maximum Gasteiger partial charge on any atom is 0.275 e. The molecule has 0 aliphatic rings. The lowest BCUT2D eigenvalue weighted by molar-refractivity contribution is 0.0935. The molecular formula is C15H20N4O2. The molecule has 2 rings (SSSR count). The van der Waals surface area contributed by atoms with E-state index in [0.29, 0.717) is 17.4 Å². The Kier molecular flexibility index (Phi) is 4.37. The van der Waals surface area contributed by atoms with Crippen LogP contribution in [0.1, 0.15) is 17.4 Å². The van der Waals surface area contributed by atoms with Gasteiger partial charge in [-0.2, -0.15) is 5.10 Å². The van der Waals surface area contributed by atoms with Crippen LogP contribution in [-0.2, 0) is 7.05 Å². The minimum atomic E-state index is -0.435. The molecule has 2 aromatic rings. The van der Waals surface area contributed by atoms with E-state index in [1.807, 2.05) is 32.0 Å². The molecule has 1 aromatic carbocycles. The first kappa shape index (κ1) is 15.2. The first-order valence-corrected chi connectivity index (χ1v) is 6.82. The number of fused-ring (bicyclic) bond motifs is 1. The predicted molar refractivity (Wildman–Crippen MR) is 82.5 cm³/mol. The predicted octanol–water partition coefficient (Wildman–Crippen LogP) is 0.613. The molecule has 1 heterocycles. The van der Waals surface area contributed by atoms with Crippen LogP contribution in [-0.4, -0.2) is 47.3 Å². The van der Waals surface area contributed by atoms with Crippen molar-refractivity contribution < 1.29 is 4.79 Å². The van der Waals surface area contributed by atoms with Crippen LogP contribution in [0.4, 0.5) is 0 Å². The van der Waals surface area contributed by atoms with Crippen LogP contribution in [0.2, 0.25) is 0 Å². The van der Waals surface area contributed by atoms with Crippen LogP contribution >= 0.6 is 0 Å². The van der Waals surface area contributed by atoms with E-state index in [-0.39, 0.29) is 17.2 Å². The Bertz CT molecular complexity index is 721. The van der Waals surface area contributed by atoms with Gasteiger partial charge in [-0.25, -0.2) is 0 Å². The van der Waals surface area contributed by atoms with E-state index in [2.05, 4.69) is 10.4 Å². The molecule has 6 nitrogen and oxygen atoms in total. The van der Waals surface area contributed by atoms with E-state index < -0.39 is 5.91 Å². The molecule has 0 aliphatic carbocycles. The maximum absolute atomic E-state index is 12.4. The molecule has 0 bridgehead atoms. The molecular weight excluding hydrogens is 268 g/mol. The van der Waals surface area contributed by atoms with Crippen LogP contribution in [0, 0.1) is 0 Å².